The van der Waals surface area contributed by atoms with Crippen molar-refractivity contribution in [2.24, 2.45) is 0 Å². The number of allylic oxidation sites excluding steroid dienone is 2. The molecule has 3 aromatic rings. The Morgan fingerprint density at radius 1 is 1.14 bits per heavy atom. The van der Waals surface area contributed by atoms with E-state index in [4.69, 9.17) is 4.74 Å². The van der Waals surface area contributed by atoms with E-state index in [1.165, 1.54) is 0 Å². The Bertz CT molecular complexity index is 1070. The molecule has 0 spiro atoms. The quantitative estimate of drug-likeness (QED) is 0.732. The Kier molecular flexibility index (Phi) is 4.63. The zero-order valence-electron chi connectivity index (χ0n) is 15.3. The van der Waals surface area contributed by atoms with Crippen molar-refractivity contribution < 1.29 is 14.6 Å². The third kappa shape index (κ3) is 3.25. The minimum absolute atomic E-state index is 0.198. The molecule has 140 valence electrons. The predicted octanol–water partition coefficient (Wildman–Crippen LogP) is 3.99. The van der Waals surface area contributed by atoms with Gasteiger partial charge in [-0.25, -0.2) is 14.5 Å². The molecule has 4 rings (SSSR count). The van der Waals surface area contributed by atoms with Crippen LogP contribution in [0, 0.1) is 0 Å². The summed E-state index contributed by atoms with van der Waals surface area (Å²) in [6.45, 7) is 0. The third-order valence-electron chi connectivity index (χ3n) is 4.85. The number of aromatic nitrogens is 3. The predicted molar refractivity (Wildman–Crippen MR) is 106 cm³/mol. The fraction of sp³-hybridized carbons (Fsp3) is 0.136. The first-order valence-electron chi connectivity index (χ1n) is 8.87. The van der Waals surface area contributed by atoms with Crippen LogP contribution < -0.4 is 0 Å². The average Bonchev–Trinajstić information content (AvgIpc) is 3.25. The Balaban J connectivity index is 1.63. The van der Waals surface area contributed by atoms with Gasteiger partial charge in [0.2, 0.25) is 0 Å². The first-order valence-corrected chi connectivity index (χ1v) is 8.87. The van der Waals surface area contributed by atoms with Crippen LogP contribution in [0.5, 0.6) is 0 Å². The van der Waals surface area contributed by atoms with Crippen molar-refractivity contribution in [3.8, 4) is 11.4 Å². The second-order valence-corrected chi connectivity index (χ2v) is 6.51. The number of aromatic carboxylic acids is 1. The van der Waals surface area contributed by atoms with Gasteiger partial charge in [0.1, 0.15) is 6.33 Å². The van der Waals surface area contributed by atoms with Gasteiger partial charge in [0.15, 0.2) is 11.5 Å². The lowest BCUT2D eigenvalue weighted by atomic mass is 9.95. The van der Waals surface area contributed by atoms with Crippen LogP contribution in [0.3, 0.4) is 0 Å². The zero-order chi connectivity index (χ0) is 19.6. The van der Waals surface area contributed by atoms with Crippen molar-refractivity contribution in [3.63, 3.8) is 0 Å². The summed E-state index contributed by atoms with van der Waals surface area (Å²) in [4.78, 5) is 15.6. The number of carbonyl (C=O) groups is 1. The number of ether oxygens (including phenoxy) is 1. The first-order chi connectivity index (χ1) is 13.6. The molecular formula is C22H19N3O3. The summed E-state index contributed by atoms with van der Waals surface area (Å²) < 4.78 is 7.47. The van der Waals surface area contributed by atoms with Crippen LogP contribution in [-0.2, 0) is 10.5 Å². The first kappa shape index (κ1) is 17.9. The number of methoxy groups -OCH3 is 1. The van der Waals surface area contributed by atoms with Crippen molar-refractivity contribution >= 4 is 11.5 Å². The van der Waals surface area contributed by atoms with E-state index in [1.807, 2.05) is 30.4 Å². The molecule has 0 saturated heterocycles. The van der Waals surface area contributed by atoms with E-state index in [2.05, 4.69) is 28.3 Å². The SMILES string of the molecule is COC1(n2cnc(-c3cccc(C(=O)O)c3)n2)C=CC(c2ccccc2)=CC1. The highest BCUT2D eigenvalue weighted by Gasteiger charge is 2.32. The molecule has 1 aromatic heterocycles. The molecule has 28 heavy (non-hydrogen) atoms. The highest BCUT2D eigenvalue weighted by molar-refractivity contribution is 5.89. The zero-order valence-corrected chi connectivity index (χ0v) is 15.3. The van der Waals surface area contributed by atoms with Crippen LogP contribution in [0.15, 0.2) is 79.2 Å². The number of hydrogen-bond acceptors (Lipinski definition) is 4. The lowest BCUT2D eigenvalue weighted by Gasteiger charge is -2.30. The normalized spacial score (nSPS) is 18.7. The number of hydrogen-bond donors (Lipinski definition) is 1. The van der Waals surface area contributed by atoms with Crippen LogP contribution >= 0.6 is 0 Å². The molecular weight excluding hydrogens is 354 g/mol. The van der Waals surface area contributed by atoms with Crippen LogP contribution in [-0.4, -0.2) is 33.0 Å². The van der Waals surface area contributed by atoms with Gasteiger partial charge in [-0.05, 0) is 29.3 Å². The molecule has 0 fully saturated rings. The van der Waals surface area contributed by atoms with Crippen LogP contribution in [0.2, 0.25) is 0 Å². The van der Waals surface area contributed by atoms with Gasteiger partial charge in [-0.2, -0.15) is 0 Å². The molecule has 1 heterocycles. The molecule has 1 unspecified atom stereocenters. The molecule has 6 nitrogen and oxygen atoms in total. The number of nitrogens with zero attached hydrogens (tertiary/aromatic N) is 3. The van der Waals surface area contributed by atoms with Gasteiger partial charge in [0.25, 0.3) is 0 Å². The van der Waals surface area contributed by atoms with E-state index in [0.29, 0.717) is 17.8 Å². The minimum Gasteiger partial charge on any atom is -0.478 e. The average molecular weight is 373 g/mol. The van der Waals surface area contributed by atoms with Gasteiger partial charge in [-0.3, -0.25) is 0 Å². The van der Waals surface area contributed by atoms with Gasteiger partial charge in [-0.1, -0.05) is 54.6 Å². The maximum atomic E-state index is 11.2. The Labute approximate surface area is 162 Å². The lowest BCUT2D eigenvalue weighted by molar-refractivity contribution is -0.0424. The van der Waals surface area contributed by atoms with E-state index in [-0.39, 0.29) is 5.56 Å². The molecule has 2 aromatic carbocycles. The molecule has 0 saturated carbocycles. The van der Waals surface area contributed by atoms with Gasteiger partial charge < -0.3 is 9.84 Å². The summed E-state index contributed by atoms with van der Waals surface area (Å²) in [5, 5.41) is 13.7. The maximum Gasteiger partial charge on any atom is 0.335 e. The molecule has 0 amide bonds. The fourth-order valence-electron chi connectivity index (χ4n) is 3.24. The highest BCUT2D eigenvalue weighted by Crippen LogP contribution is 2.33. The standard InChI is InChI=1S/C22H19N3O3/c1-28-22(12-10-17(11-13-22)16-6-3-2-4-7-16)25-15-23-20(24-25)18-8-5-9-19(14-18)21(26)27/h2-12,14-15H,13H2,1H3,(H,26,27). The minimum atomic E-state index is -0.983. The second-order valence-electron chi connectivity index (χ2n) is 6.51. The summed E-state index contributed by atoms with van der Waals surface area (Å²) in [5.74, 6) is -0.533. The van der Waals surface area contributed by atoms with Gasteiger partial charge in [-0.15, -0.1) is 5.10 Å². The van der Waals surface area contributed by atoms with Crippen molar-refractivity contribution in [3.05, 3.63) is 90.3 Å². The van der Waals surface area contributed by atoms with Gasteiger partial charge in [0.05, 0.1) is 5.56 Å². The molecule has 0 bridgehead atoms. The molecule has 1 aliphatic rings. The monoisotopic (exact) mass is 373 g/mol. The van der Waals surface area contributed by atoms with Crippen molar-refractivity contribution in [2.45, 2.75) is 12.1 Å². The van der Waals surface area contributed by atoms with Crippen molar-refractivity contribution in [2.75, 3.05) is 7.11 Å². The molecule has 1 N–H and O–H groups in total. The van der Waals surface area contributed by atoms with E-state index in [1.54, 1.807) is 42.4 Å². The topological polar surface area (TPSA) is 77.2 Å². The summed E-state index contributed by atoms with van der Waals surface area (Å²) in [7, 11) is 1.64. The molecule has 0 radical (unpaired) electrons. The van der Waals surface area contributed by atoms with E-state index < -0.39 is 11.7 Å². The Hall–Kier alpha value is -3.51. The summed E-state index contributed by atoms with van der Waals surface area (Å²) in [6, 6.07) is 16.7. The van der Waals surface area contributed by atoms with Gasteiger partial charge >= 0.3 is 5.97 Å². The van der Waals surface area contributed by atoms with Crippen LogP contribution in [0.25, 0.3) is 17.0 Å². The van der Waals surface area contributed by atoms with Crippen molar-refractivity contribution in [1.82, 2.24) is 14.8 Å². The summed E-state index contributed by atoms with van der Waals surface area (Å²) in [6.07, 6.45) is 8.32. The third-order valence-corrected chi connectivity index (χ3v) is 4.85. The highest BCUT2D eigenvalue weighted by atomic mass is 16.5. The number of rotatable bonds is 5. The Morgan fingerprint density at radius 3 is 2.61 bits per heavy atom. The lowest BCUT2D eigenvalue weighted by Crippen LogP contribution is -2.35. The molecule has 6 heteroatoms. The van der Waals surface area contributed by atoms with Crippen molar-refractivity contribution in [1.29, 1.82) is 0 Å². The number of carboxylic acid groups (broad SMARTS) is 1. The van der Waals surface area contributed by atoms with Crippen LogP contribution in [0.4, 0.5) is 0 Å². The van der Waals surface area contributed by atoms with Crippen LogP contribution in [0.1, 0.15) is 22.3 Å². The van der Waals surface area contributed by atoms with E-state index in [0.717, 1.165) is 11.1 Å². The van der Waals surface area contributed by atoms with E-state index in [9.17, 15) is 9.90 Å². The second kappa shape index (κ2) is 7.25. The van der Waals surface area contributed by atoms with E-state index >= 15 is 0 Å². The van der Waals surface area contributed by atoms with Gasteiger partial charge in [0, 0.05) is 19.1 Å². The number of benzene rings is 2. The summed E-state index contributed by atoms with van der Waals surface area (Å²) in [5.41, 5.74) is 2.35. The fourth-order valence-corrected chi connectivity index (χ4v) is 3.24. The largest absolute Gasteiger partial charge is 0.478 e. The maximum absolute atomic E-state index is 11.2. The smallest absolute Gasteiger partial charge is 0.335 e. The summed E-state index contributed by atoms with van der Waals surface area (Å²) >= 11 is 0. The number of carboxylic acids is 1. The Morgan fingerprint density at radius 2 is 1.93 bits per heavy atom. The molecule has 1 aliphatic carbocycles. The molecule has 0 aliphatic heterocycles. The molecule has 1 atom stereocenters.